The van der Waals surface area contributed by atoms with E-state index in [1.807, 2.05) is 24.3 Å². The number of rotatable bonds is 8. The van der Waals surface area contributed by atoms with Gasteiger partial charge in [-0.1, -0.05) is 48.5 Å². The van der Waals surface area contributed by atoms with Gasteiger partial charge in [0.15, 0.2) is 0 Å². The second-order valence-corrected chi connectivity index (χ2v) is 9.59. The SMILES string of the molecule is O=C(NCCOCC(=O)N1CC2CCC1(C(=O)O)CC2)OCC1c2ccccc2-c2ccccc21. The molecule has 0 spiro atoms. The van der Waals surface area contributed by atoms with Crippen molar-refractivity contribution in [1.82, 2.24) is 10.2 Å². The van der Waals surface area contributed by atoms with Crippen LogP contribution in [0.5, 0.6) is 0 Å². The Hall–Kier alpha value is -3.39. The second-order valence-electron chi connectivity index (χ2n) is 9.59. The zero-order valence-electron chi connectivity index (χ0n) is 19.6. The van der Waals surface area contributed by atoms with Crippen molar-refractivity contribution < 1.29 is 29.0 Å². The van der Waals surface area contributed by atoms with Crippen LogP contribution in [-0.4, -0.2) is 66.4 Å². The number of nitrogens with one attached hydrogen (secondary N) is 1. The molecule has 4 aliphatic rings. The number of carboxylic acid groups (broad SMARTS) is 1. The lowest BCUT2D eigenvalue weighted by atomic mass is 9.70. The van der Waals surface area contributed by atoms with Gasteiger partial charge in [-0.25, -0.2) is 9.59 Å². The highest BCUT2D eigenvalue weighted by Gasteiger charge is 2.53. The molecule has 2 aromatic rings. The summed E-state index contributed by atoms with van der Waals surface area (Å²) in [6, 6.07) is 16.3. The Morgan fingerprint density at radius 3 is 2.26 bits per heavy atom. The zero-order chi connectivity index (χ0) is 24.4. The standard InChI is InChI=1S/C27H30N2O6/c30-24(29-15-18-9-11-27(29,12-10-18)25(31)32)17-34-14-13-28-26(33)35-16-23-21-7-3-1-5-19(21)20-6-2-4-8-22(20)23/h1-8,18,23H,9-17H2,(H,28,33)(H,31,32). The summed E-state index contributed by atoms with van der Waals surface area (Å²) in [5.74, 6) is -0.877. The number of fused-ring (bicyclic) bond motifs is 6. The summed E-state index contributed by atoms with van der Waals surface area (Å²) in [6.07, 6.45) is 2.16. The van der Waals surface area contributed by atoms with E-state index in [-0.39, 0.29) is 38.2 Å². The van der Waals surface area contributed by atoms with Gasteiger partial charge in [0, 0.05) is 19.0 Å². The fourth-order valence-electron chi connectivity index (χ4n) is 5.82. The molecule has 2 aromatic carbocycles. The van der Waals surface area contributed by atoms with Gasteiger partial charge in [-0.3, -0.25) is 4.79 Å². The fourth-order valence-corrected chi connectivity index (χ4v) is 5.82. The summed E-state index contributed by atoms with van der Waals surface area (Å²) < 4.78 is 10.9. The van der Waals surface area contributed by atoms with E-state index in [2.05, 4.69) is 29.6 Å². The number of hydrogen-bond acceptors (Lipinski definition) is 5. The third-order valence-corrected chi connectivity index (χ3v) is 7.67. The molecule has 2 saturated heterocycles. The number of alkyl carbamates (subject to hydrolysis) is 1. The van der Waals surface area contributed by atoms with Crippen molar-refractivity contribution in [3.8, 4) is 11.1 Å². The Bertz CT molecular complexity index is 1080. The van der Waals surface area contributed by atoms with Crippen LogP contribution < -0.4 is 5.32 Å². The van der Waals surface area contributed by atoms with Gasteiger partial charge in [-0.15, -0.1) is 0 Å². The van der Waals surface area contributed by atoms with E-state index in [1.54, 1.807) is 0 Å². The highest BCUT2D eigenvalue weighted by atomic mass is 16.5. The highest BCUT2D eigenvalue weighted by Crippen LogP contribution is 2.45. The molecule has 0 aromatic heterocycles. The van der Waals surface area contributed by atoms with Crippen LogP contribution in [-0.2, 0) is 19.1 Å². The van der Waals surface area contributed by atoms with Gasteiger partial charge < -0.3 is 24.8 Å². The summed E-state index contributed by atoms with van der Waals surface area (Å²) in [5, 5.41) is 12.4. The first-order valence-corrected chi connectivity index (χ1v) is 12.2. The van der Waals surface area contributed by atoms with Gasteiger partial charge >= 0.3 is 12.1 Å². The van der Waals surface area contributed by atoms with Crippen LogP contribution in [0.25, 0.3) is 11.1 Å². The van der Waals surface area contributed by atoms with Crippen molar-refractivity contribution in [2.24, 2.45) is 5.92 Å². The van der Waals surface area contributed by atoms with E-state index in [0.29, 0.717) is 25.3 Å². The fraction of sp³-hybridized carbons (Fsp3) is 0.444. The Balaban J connectivity index is 1.06. The predicted molar refractivity (Wildman–Crippen MR) is 128 cm³/mol. The maximum absolute atomic E-state index is 12.7. The average molecular weight is 479 g/mol. The van der Waals surface area contributed by atoms with E-state index in [0.717, 1.165) is 24.0 Å². The molecule has 2 aliphatic carbocycles. The van der Waals surface area contributed by atoms with E-state index < -0.39 is 17.6 Å². The van der Waals surface area contributed by atoms with Crippen LogP contribution in [0, 0.1) is 5.92 Å². The van der Waals surface area contributed by atoms with Gasteiger partial charge in [0.1, 0.15) is 18.8 Å². The molecule has 2 bridgehead atoms. The van der Waals surface area contributed by atoms with E-state index in [1.165, 1.54) is 16.0 Å². The first-order chi connectivity index (χ1) is 17.0. The molecular formula is C27H30N2O6. The molecule has 2 heterocycles. The molecule has 0 unspecified atom stereocenters. The van der Waals surface area contributed by atoms with Crippen LogP contribution in [0.2, 0.25) is 0 Å². The van der Waals surface area contributed by atoms with Gasteiger partial charge in [-0.2, -0.15) is 0 Å². The molecule has 0 radical (unpaired) electrons. The third-order valence-electron chi connectivity index (χ3n) is 7.67. The summed E-state index contributed by atoms with van der Waals surface area (Å²) in [7, 11) is 0. The molecule has 184 valence electrons. The lowest BCUT2D eigenvalue weighted by Crippen LogP contribution is -2.65. The number of ether oxygens (including phenoxy) is 2. The molecule has 2 aliphatic heterocycles. The third kappa shape index (κ3) is 4.38. The molecule has 6 rings (SSSR count). The van der Waals surface area contributed by atoms with Gasteiger partial charge in [-0.05, 0) is 53.9 Å². The van der Waals surface area contributed by atoms with Crippen LogP contribution in [0.4, 0.5) is 4.79 Å². The van der Waals surface area contributed by atoms with Crippen molar-refractivity contribution in [2.45, 2.75) is 37.1 Å². The molecule has 2 N–H and O–H groups in total. The summed E-state index contributed by atoms with van der Waals surface area (Å²) >= 11 is 0. The first-order valence-electron chi connectivity index (χ1n) is 12.2. The van der Waals surface area contributed by atoms with E-state index in [9.17, 15) is 19.5 Å². The maximum atomic E-state index is 12.7. The number of carboxylic acids is 1. The van der Waals surface area contributed by atoms with Crippen molar-refractivity contribution in [2.75, 3.05) is 32.9 Å². The molecule has 3 fully saturated rings. The zero-order valence-corrected chi connectivity index (χ0v) is 19.6. The number of benzene rings is 2. The van der Waals surface area contributed by atoms with E-state index >= 15 is 0 Å². The van der Waals surface area contributed by atoms with Gasteiger partial charge in [0.25, 0.3) is 0 Å². The maximum Gasteiger partial charge on any atom is 0.407 e. The molecule has 2 amide bonds. The largest absolute Gasteiger partial charge is 0.479 e. The number of nitrogens with zero attached hydrogens (tertiary/aromatic N) is 1. The van der Waals surface area contributed by atoms with Crippen LogP contribution in [0.15, 0.2) is 48.5 Å². The monoisotopic (exact) mass is 478 g/mol. The normalized spacial score (nSPS) is 22.4. The Morgan fingerprint density at radius 1 is 1.00 bits per heavy atom. The lowest BCUT2D eigenvalue weighted by Gasteiger charge is -2.51. The molecule has 8 nitrogen and oxygen atoms in total. The van der Waals surface area contributed by atoms with Crippen molar-refractivity contribution in [3.63, 3.8) is 0 Å². The average Bonchev–Trinajstić information content (AvgIpc) is 3.21. The van der Waals surface area contributed by atoms with Gasteiger partial charge in [0.2, 0.25) is 5.91 Å². The second kappa shape index (κ2) is 9.70. The van der Waals surface area contributed by atoms with Crippen molar-refractivity contribution >= 4 is 18.0 Å². The Kier molecular flexibility index (Phi) is 6.47. The number of hydrogen-bond donors (Lipinski definition) is 2. The summed E-state index contributed by atoms with van der Waals surface area (Å²) in [4.78, 5) is 38.3. The van der Waals surface area contributed by atoms with Crippen molar-refractivity contribution in [1.29, 1.82) is 0 Å². The first kappa shape index (κ1) is 23.4. The molecule has 8 heteroatoms. The number of carbonyl (C=O) groups is 3. The van der Waals surface area contributed by atoms with E-state index in [4.69, 9.17) is 9.47 Å². The molecule has 35 heavy (non-hydrogen) atoms. The smallest absolute Gasteiger partial charge is 0.407 e. The van der Waals surface area contributed by atoms with Crippen LogP contribution >= 0.6 is 0 Å². The molecule has 1 saturated carbocycles. The lowest BCUT2D eigenvalue weighted by molar-refractivity contribution is -0.172. The minimum absolute atomic E-state index is 0.0107. The van der Waals surface area contributed by atoms with Crippen LogP contribution in [0.3, 0.4) is 0 Å². The summed E-state index contributed by atoms with van der Waals surface area (Å²) in [6.45, 7) is 0.830. The minimum Gasteiger partial charge on any atom is -0.479 e. The Labute approximate surface area is 204 Å². The topological polar surface area (TPSA) is 105 Å². The number of piperidine rings is 2. The highest BCUT2D eigenvalue weighted by molar-refractivity contribution is 5.88. The number of amides is 2. The van der Waals surface area contributed by atoms with Crippen LogP contribution in [0.1, 0.15) is 42.7 Å². The predicted octanol–water partition coefficient (Wildman–Crippen LogP) is 3.40. The summed E-state index contributed by atoms with van der Waals surface area (Å²) in [5.41, 5.74) is 3.54. The van der Waals surface area contributed by atoms with Gasteiger partial charge in [0.05, 0.1) is 6.61 Å². The Morgan fingerprint density at radius 2 is 1.63 bits per heavy atom. The number of aliphatic carboxylic acids is 1. The quantitative estimate of drug-likeness (QED) is 0.564. The van der Waals surface area contributed by atoms with Crippen molar-refractivity contribution in [3.05, 3.63) is 59.7 Å². The molecule has 0 atom stereocenters. The molecular weight excluding hydrogens is 448 g/mol. The minimum atomic E-state index is -1.09. The number of carbonyl (C=O) groups excluding carboxylic acids is 2.